The Morgan fingerprint density at radius 1 is 1.24 bits per heavy atom. The molecule has 0 radical (unpaired) electrons. The van der Waals surface area contributed by atoms with E-state index in [0.717, 1.165) is 31.2 Å². The Bertz CT molecular complexity index is 464. The predicted molar refractivity (Wildman–Crippen MR) is 67.6 cm³/mol. The fraction of sp³-hybridized carbons (Fsp3) is 0.571. The molecule has 1 aromatic carbocycles. The van der Waals surface area contributed by atoms with Gasteiger partial charge in [-0.25, -0.2) is 0 Å². The number of benzene rings is 1. The van der Waals surface area contributed by atoms with Crippen molar-refractivity contribution in [3.63, 3.8) is 0 Å². The van der Waals surface area contributed by atoms with Crippen molar-refractivity contribution >= 4 is 11.6 Å². The lowest BCUT2D eigenvalue weighted by Gasteiger charge is -2.22. The zero-order valence-electron chi connectivity index (χ0n) is 9.80. The number of phenols is 1. The standard InChI is InChI=1S/C14H17ClO2/c15-12-7-9-3-1-2-4-10(9)11(13(12)16)8-14(17)5-6-14/h7,16-17H,1-6,8H2. The molecular formula is C14H17ClO2. The first-order chi connectivity index (χ1) is 8.09. The maximum absolute atomic E-state index is 10.1. The number of aromatic hydroxyl groups is 1. The van der Waals surface area contributed by atoms with Crippen LogP contribution in [0.3, 0.4) is 0 Å². The second-order valence-electron chi connectivity index (χ2n) is 5.43. The van der Waals surface area contributed by atoms with Crippen LogP contribution in [0.2, 0.25) is 5.02 Å². The highest BCUT2D eigenvalue weighted by atomic mass is 35.5. The number of aryl methyl sites for hydroxylation is 1. The van der Waals surface area contributed by atoms with E-state index in [1.54, 1.807) is 0 Å². The Balaban J connectivity index is 2.06. The van der Waals surface area contributed by atoms with Gasteiger partial charge in [-0.1, -0.05) is 11.6 Å². The van der Waals surface area contributed by atoms with Gasteiger partial charge in [0, 0.05) is 12.0 Å². The molecule has 0 heterocycles. The van der Waals surface area contributed by atoms with Crippen LogP contribution in [0.4, 0.5) is 0 Å². The molecule has 92 valence electrons. The van der Waals surface area contributed by atoms with E-state index in [0.29, 0.717) is 11.4 Å². The molecule has 3 heteroatoms. The minimum absolute atomic E-state index is 0.188. The van der Waals surface area contributed by atoms with Gasteiger partial charge in [0.1, 0.15) is 5.75 Å². The van der Waals surface area contributed by atoms with Gasteiger partial charge in [-0.05, 0) is 55.7 Å². The minimum Gasteiger partial charge on any atom is -0.506 e. The van der Waals surface area contributed by atoms with Gasteiger partial charge in [0.05, 0.1) is 10.6 Å². The lowest BCUT2D eigenvalue weighted by atomic mass is 9.85. The second kappa shape index (κ2) is 3.89. The van der Waals surface area contributed by atoms with Crippen molar-refractivity contribution in [1.82, 2.24) is 0 Å². The average molecular weight is 253 g/mol. The van der Waals surface area contributed by atoms with Crippen molar-refractivity contribution in [2.24, 2.45) is 0 Å². The van der Waals surface area contributed by atoms with E-state index >= 15 is 0 Å². The first kappa shape index (κ1) is 11.4. The van der Waals surface area contributed by atoms with Crippen LogP contribution in [0.1, 0.15) is 42.4 Å². The highest BCUT2D eigenvalue weighted by molar-refractivity contribution is 6.32. The molecule has 2 aliphatic carbocycles. The molecule has 0 amide bonds. The third kappa shape index (κ3) is 2.04. The second-order valence-corrected chi connectivity index (χ2v) is 5.84. The molecule has 0 atom stereocenters. The van der Waals surface area contributed by atoms with Crippen LogP contribution in [0, 0.1) is 0 Å². The van der Waals surface area contributed by atoms with Gasteiger partial charge in [0.25, 0.3) is 0 Å². The van der Waals surface area contributed by atoms with Crippen molar-refractivity contribution in [1.29, 1.82) is 0 Å². The summed E-state index contributed by atoms with van der Waals surface area (Å²) in [5.41, 5.74) is 2.82. The lowest BCUT2D eigenvalue weighted by molar-refractivity contribution is 0.149. The summed E-state index contributed by atoms with van der Waals surface area (Å²) in [4.78, 5) is 0. The van der Waals surface area contributed by atoms with Gasteiger partial charge in [-0.3, -0.25) is 0 Å². The summed E-state index contributed by atoms with van der Waals surface area (Å²) in [5.74, 6) is 0.188. The van der Waals surface area contributed by atoms with E-state index in [2.05, 4.69) is 0 Å². The number of phenolic OH excluding ortho intramolecular Hbond substituents is 1. The number of fused-ring (bicyclic) bond motifs is 1. The van der Waals surface area contributed by atoms with Crippen molar-refractivity contribution in [2.75, 3.05) is 0 Å². The number of hydrogen-bond donors (Lipinski definition) is 2. The van der Waals surface area contributed by atoms with E-state index in [-0.39, 0.29) is 5.75 Å². The van der Waals surface area contributed by atoms with Gasteiger partial charge in [0.2, 0.25) is 0 Å². The maximum atomic E-state index is 10.1. The van der Waals surface area contributed by atoms with Crippen LogP contribution in [0.25, 0.3) is 0 Å². The number of rotatable bonds is 2. The van der Waals surface area contributed by atoms with E-state index in [4.69, 9.17) is 11.6 Å². The van der Waals surface area contributed by atoms with Crippen molar-refractivity contribution in [2.45, 2.75) is 50.5 Å². The van der Waals surface area contributed by atoms with Crippen LogP contribution < -0.4 is 0 Å². The summed E-state index contributed by atoms with van der Waals surface area (Å²) in [5, 5.41) is 20.6. The third-order valence-electron chi connectivity index (χ3n) is 4.02. The summed E-state index contributed by atoms with van der Waals surface area (Å²) in [6.07, 6.45) is 6.65. The zero-order chi connectivity index (χ0) is 12.0. The highest BCUT2D eigenvalue weighted by Crippen LogP contribution is 2.44. The maximum Gasteiger partial charge on any atom is 0.137 e. The summed E-state index contributed by atoms with van der Waals surface area (Å²) in [7, 11) is 0. The third-order valence-corrected chi connectivity index (χ3v) is 4.31. The van der Waals surface area contributed by atoms with Crippen LogP contribution in [-0.2, 0) is 19.3 Å². The fourth-order valence-corrected chi connectivity index (χ4v) is 3.03. The quantitative estimate of drug-likeness (QED) is 0.850. The van der Waals surface area contributed by atoms with Crippen molar-refractivity contribution < 1.29 is 10.2 Å². The van der Waals surface area contributed by atoms with E-state index in [1.807, 2.05) is 6.07 Å². The largest absolute Gasteiger partial charge is 0.506 e. The molecule has 1 fully saturated rings. The van der Waals surface area contributed by atoms with Crippen LogP contribution in [0.15, 0.2) is 6.07 Å². The van der Waals surface area contributed by atoms with Gasteiger partial charge in [-0.2, -0.15) is 0 Å². The number of aliphatic hydroxyl groups is 1. The Labute approximate surface area is 106 Å². The van der Waals surface area contributed by atoms with Gasteiger partial charge < -0.3 is 10.2 Å². The fourth-order valence-electron chi connectivity index (χ4n) is 2.78. The van der Waals surface area contributed by atoms with Gasteiger partial charge in [0.15, 0.2) is 0 Å². The number of hydrogen-bond acceptors (Lipinski definition) is 2. The molecule has 3 rings (SSSR count). The van der Waals surface area contributed by atoms with E-state index in [9.17, 15) is 10.2 Å². The molecule has 0 saturated heterocycles. The molecule has 1 saturated carbocycles. The summed E-state index contributed by atoms with van der Waals surface area (Å²) in [6, 6.07) is 1.89. The zero-order valence-corrected chi connectivity index (χ0v) is 10.6. The molecule has 0 aromatic heterocycles. The monoisotopic (exact) mass is 252 g/mol. The molecule has 1 aromatic rings. The summed E-state index contributed by atoms with van der Waals surface area (Å²) in [6.45, 7) is 0. The first-order valence-electron chi connectivity index (χ1n) is 6.33. The predicted octanol–water partition coefficient (Wildman–Crippen LogP) is 2.99. The normalized spacial score (nSPS) is 21.1. The molecule has 17 heavy (non-hydrogen) atoms. The molecule has 2 nitrogen and oxygen atoms in total. The topological polar surface area (TPSA) is 40.5 Å². The highest BCUT2D eigenvalue weighted by Gasteiger charge is 2.41. The number of halogens is 1. The Hall–Kier alpha value is -0.730. The Kier molecular flexibility index (Phi) is 2.60. The van der Waals surface area contributed by atoms with Gasteiger partial charge >= 0.3 is 0 Å². The summed E-state index contributed by atoms with van der Waals surface area (Å²) >= 11 is 6.07. The van der Waals surface area contributed by atoms with Crippen LogP contribution >= 0.6 is 11.6 Å². The van der Waals surface area contributed by atoms with Gasteiger partial charge in [-0.15, -0.1) is 0 Å². The Morgan fingerprint density at radius 2 is 1.94 bits per heavy atom. The Morgan fingerprint density at radius 3 is 2.65 bits per heavy atom. The minimum atomic E-state index is -0.576. The van der Waals surface area contributed by atoms with Crippen molar-refractivity contribution in [3.05, 3.63) is 27.8 Å². The smallest absolute Gasteiger partial charge is 0.137 e. The SMILES string of the molecule is Oc1c(Cl)cc2c(c1CC1(O)CC1)CCCC2. The molecule has 0 bridgehead atoms. The first-order valence-corrected chi connectivity index (χ1v) is 6.71. The molecule has 2 N–H and O–H groups in total. The van der Waals surface area contributed by atoms with Crippen LogP contribution in [-0.4, -0.2) is 15.8 Å². The summed E-state index contributed by atoms with van der Waals surface area (Å²) < 4.78 is 0. The molecule has 0 spiro atoms. The molecule has 2 aliphatic rings. The molecule has 0 aliphatic heterocycles. The van der Waals surface area contributed by atoms with Crippen molar-refractivity contribution in [3.8, 4) is 5.75 Å². The lowest BCUT2D eigenvalue weighted by Crippen LogP contribution is -2.15. The molecular weight excluding hydrogens is 236 g/mol. The van der Waals surface area contributed by atoms with E-state index in [1.165, 1.54) is 24.0 Å². The van der Waals surface area contributed by atoms with E-state index < -0.39 is 5.60 Å². The average Bonchev–Trinajstić information content (AvgIpc) is 3.03. The van der Waals surface area contributed by atoms with Crippen LogP contribution in [0.5, 0.6) is 5.75 Å². The molecule has 0 unspecified atom stereocenters.